The van der Waals surface area contributed by atoms with Gasteiger partial charge in [-0.3, -0.25) is 9.10 Å². The maximum Gasteiger partial charge on any atom is 0.264 e. The van der Waals surface area contributed by atoms with Gasteiger partial charge in [-0.05, 0) is 48.4 Å². The first-order valence-corrected chi connectivity index (χ1v) is 10.2. The predicted molar refractivity (Wildman–Crippen MR) is 107 cm³/mol. The summed E-state index contributed by atoms with van der Waals surface area (Å²) in [4.78, 5) is 12.6. The number of anilines is 2. The van der Waals surface area contributed by atoms with Crippen LogP contribution in [0.2, 0.25) is 0 Å². The quantitative estimate of drug-likeness (QED) is 0.664. The van der Waals surface area contributed by atoms with Crippen molar-refractivity contribution >= 4 is 27.3 Å². The van der Waals surface area contributed by atoms with Crippen LogP contribution < -0.4 is 9.62 Å². The fourth-order valence-electron chi connectivity index (χ4n) is 3.26. The molecule has 0 saturated carbocycles. The van der Waals surface area contributed by atoms with Crippen LogP contribution in [0.4, 0.5) is 11.4 Å². The number of nitrogens with one attached hydrogen (secondary N) is 1. The van der Waals surface area contributed by atoms with E-state index < -0.39 is 15.9 Å². The molecule has 1 aliphatic rings. The molecule has 0 spiro atoms. The van der Waals surface area contributed by atoms with Gasteiger partial charge in [-0.2, -0.15) is 0 Å². The lowest BCUT2D eigenvalue weighted by Crippen LogP contribution is -2.29. The van der Waals surface area contributed by atoms with Crippen LogP contribution in [0.5, 0.6) is 5.75 Å². The van der Waals surface area contributed by atoms with E-state index in [0.29, 0.717) is 18.7 Å². The average molecular weight is 394 g/mol. The van der Waals surface area contributed by atoms with Gasteiger partial charge in [0.2, 0.25) is 0 Å². The SMILES string of the molecule is O=C(Nc1ccccc1O)c1cccc(S(=O)(=O)N2CCc3ccccc32)c1. The number of fused-ring (bicyclic) bond motifs is 1. The summed E-state index contributed by atoms with van der Waals surface area (Å²) in [5.41, 5.74) is 2.11. The fourth-order valence-corrected chi connectivity index (χ4v) is 4.81. The number of aromatic hydroxyl groups is 1. The summed E-state index contributed by atoms with van der Waals surface area (Å²) < 4.78 is 27.7. The van der Waals surface area contributed by atoms with Crippen molar-refractivity contribution in [2.24, 2.45) is 0 Å². The number of hydrogen-bond donors (Lipinski definition) is 2. The monoisotopic (exact) mass is 394 g/mol. The zero-order valence-corrected chi connectivity index (χ0v) is 15.7. The number of nitrogens with zero attached hydrogens (tertiary/aromatic N) is 1. The molecule has 0 radical (unpaired) electrons. The van der Waals surface area contributed by atoms with E-state index in [2.05, 4.69) is 5.32 Å². The summed E-state index contributed by atoms with van der Waals surface area (Å²) in [6.45, 7) is 0.371. The summed E-state index contributed by atoms with van der Waals surface area (Å²) in [7, 11) is -3.79. The number of carbonyl (C=O) groups excluding carboxylic acids is 1. The van der Waals surface area contributed by atoms with E-state index in [0.717, 1.165) is 5.56 Å². The Labute approximate surface area is 163 Å². The van der Waals surface area contributed by atoms with Gasteiger partial charge in [0.1, 0.15) is 5.75 Å². The Hall–Kier alpha value is -3.32. The van der Waals surface area contributed by atoms with E-state index in [-0.39, 0.29) is 21.9 Å². The Morgan fingerprint density at radius 3 is 2.54 bits per heavy atom. The van der Waals surface area contributed by atoms with Crippen molar-refractivity contribution in [3.8, 4) is 5.75 Å². The first-order chi connectivity index (χ1) is 13.5. The average Bonchev–Trinajstić information content (AvgIpc) is 3.15. The van der Waals surface area contributed by atoms with Crippen LogP contribution in [-0.2, 0) is 16.4 Å². The second kappa shape index (κ2) is 7.01. The van der Waals surface area contributed by atoms with Crippen molar-refractivity contribution in [3.63, 3.8) is 0 Å². The molecular formula is C21H18N2O4S. The van der Waals surface area contributed by atoms with E-state index in [4.69, 9.17) is 0 Å². The van der Waals surface area contributed by atoms with E-state index >= 15 is 0 Å². The molecule has 0 unspecified atom stereocenters. The molecule has 0 atom stereocenters. The van der Waals surface area contributed by atoms with Gasteiger partial charge in [0.05, 0.1) is 16.3 Å². The third-order valence-corrected chi connectivity index (χ3v) is 6.49. The van der Waals surface area contributed by atoms with Gasteiger partial charge >= 0.3 is 0 Å². The second-order valence-electron chi connectivity index (χ2n) is 6.45. The molecule has 0 aliphatic carbocycles. The Morgan fingerprint density at radius 1 is 0.964 bits per heavy atom. The predicted octanol–water partition coefficient (Wildman–Crippen LogP) is 3.40. The van der Waals surface area contributed by atoms with Crippen LogP contribution >= 0.6 is 0 Å². The van der Waals surface area contributed by atoms with Crippen molar-refractivity contribution < 1.29 is 18.3 Å². The highest BCUT2D eigenvalue weighted by molar-refractivity contribution is 7.92. The van der Waals surface area contributed by atoms with Crippen LogP contribution in [0.1, 0.15) is 15.9 Å². The molecular weight excluding hydrogens is 376 g/mol. The minimum absolute atomic E-state index is 0.0501. The summed E-state index contributed by atoms with van der Waals surface area (Å²) in [5, 5.41) is 12.4. The zero-order chi connectivity index (χ0) is 19.7. The maximum atomic E-state index is 13.1. The molecule has 7 heteroatoms. The summed E-state index contributed by atoms with van der Waals surface area (Å²) in [6, 6.07) is 19.7. The zero-order valence-electron chi connectivity index (χ0n) is 14.9. The largest absolute Gasteiger partial charge is 0.506 e. The lowest BCUT2D eigenvalue weighted by Gasteiger charge is -2.20. The normalized spacial score (nSPS) is 13.2. The standard InChI is InChI=1S/C21H18N2O4S/c24-20-11-4-2-9-18(20)22-21(25)16-7-5-8-17(14-16)28(26,27)23-13-12-15-6-1-3-10-19(15)23/h1-11,14,24H,12-13H2,(H,22,25). The van der Waals surface area contributed by atoms with E-state index in [1.165, 1.54) is 34.6 Å². The summed E-state index contributed by atoms with van der Waals surface area (Å²) >= 11 is 0. The van der Waals surface area contributed by atoms with Crippen molar-refractivity contribution in [2.75, 3.05) is 16.2 Å². The van der Waals surface area contributed by atoms with Gasteiger partial charge in [0, 0.05) is 12.1 Å². The lowest BCUT2D eigenvalue weighted by atomic mass is 10.2. The molecule has 4 rings (SSSR count). The van der Waals surface area contributed by atoms with Crippen LogP contribution in [0.15, 0.2) is 77.7 Å². The third kappa shape index (κ3) is 3.20. The molecule has 0 bridgehead atoms. The minimum Gasteiger partial charge on any atom is -0.506 e. The molecule has 6 nitrogen and oxygen atoms in total. The molecule has 1 heterocycles. The minimum atomic E-state index is -3.79. The Kier molecular flexibility index (Phi) is 4.52. The molecule has 3 aromatic rings. The number of hydrogen-bond acceptors (Lipinski definition) is 4. The number of sulfonamides is 1. The maximum absolute atomic E-state index is 13.1. The molecule has 28 heavy (non-hydrogen) atoms. The third-order valence-electron chi connectivity index (χ3n) is 4.68. The highest BCUT2D eigenvalue weighted by atomic mass is 32.2. The first-order valence-electron chi connectivity index (χ1n) is 8.77. The number of carbonyl (C=O) groups is 1. The van der Waals surface area contributed by atoms with E-state index in [9.17, 15) is 18.3 Å². The summed E-state index contributed by atoms with van der Waals surface area (Å²) in [5.74, 6) is -0.561. The molecule has 142 valence electrons. The van der Waals surface area contributed by atoms with Crippen LogP contribution in [0.25, 0.3) is 0 Å². The first kappa shape index (κ1) is 18.1. The Morgan fingerprint density at radius 2 is 1.71 bits per heavy atom. The topological polar surface area (TPSA) is 86.7 Å². The number of amides is 1. The van der Waals surface area contributed by atoms with Gasteiger partial charge in [-0.15, -0.1) is 0 Å². The van der Waals surface area contributed by atoms with Crippen molar-refractivity contribution in [1.82, 2.24) is 0 Å². The Bertz CT molecular complexity index is 1160. The van der Waals surface area contributed by atoms with E-state index in [1.54, 1.807) is 24.3 Å². The Balaban J connectivity index is 1.64. The summed E-state index contributed by atoms with van der Waals surface area (Å²) in [6.07, 6.45) is 0.656. The highest BCUT2D eigenvalue weighted by Gasteiger charge is 2.30. The van der Waals surface area contributed by atoms with Gasteiger partial charge < -0.3 is 10.4 Å². The van der Waals surface area contributed by atoms with Gasteiger partial charge in [-0.25, -0.2) is 8.42 Å². The number of para-hydroxylation sites is 3. The lowest BCUT2D eigenvalue weighted by molar-refractivity contribution is 0.102. The smallest absolute Gasteiger partial charge is 0.264 e. The van der Waals surface area contributed by atoms with Crippen molar-refractivity contribution in [2.45, 2.75) is 11.3 Å². The van der Waals surface area contributed by atoms with E-state index in [1.807, 2.05) is 18.2 Å². The van der Waals surface area contributed by atoms with Crippen LogP contribution in [0, 0.1) is 0 Å². The molecule has 0 saturated heterocycles. The molecule has 3 aromatic carbocycles. The van der Waals surface area contributed by atoms with Gasteiger partial charge in [0.15, 0.2) is 0 Å². The fraction of sp³-hybridized carbons (Fsp3) is 0.0952. The number of rotatable bonds is 4. The highest BCUT2D eigenvalue weighted by Crippen LogP contribution is 2.33. The molecule has 0 aromatic heterocycles. The molecule has 1 amide bonds. The van der Waals surface area contributed by atoms with Crippen LogP contribution in [-0.4, -0.2) is 26.0 Å². The molecule has 1 aliphatic heterocycles. The number of benzene rings is 3. The van der Waals surface area contributed by atoms with Gasteiger partial charge in [0.25, 0.3) is 15.9 Å². The van der Waals surface area contributed by atoms with Crippen LogP contribution in [0.3, 0.4) is 0 Å². The van der Waals surface area contributed by atoms with Gasteiger partial charge in [-0.1, -0.05) is 36.4 Å². The number of phenolic OH excluding ortho intramolecular Hbond substituents is 1. The second-order valence-corrected chi connectivity index (χ2v) is 8.32. The number of phenols is 1. The molecule has 2 N–H and O–H groups in total. The molecule has 0 fully saturated rings. The van der Waals surface area contributed by atoms with Crippen molar-refractivity contribution in [3.05, 3.63) is 83.9 Å². The van der Waals surface area contributed by atoms with Crippen molar-refractivity contribution in [1.29, 1.82) is 0 Å².